The Hall–Kier alpha value is -3.59. The minimum Gasteiger partial charge on any atom is -0.493 e. The Kier molecular flexibility index (Phi) is 5.30. The number of carbonyl (C=O) groups is 1. The van der Waals surface area contributed by atoms with Gasteiger partial charge in [-0.25, -0.2) is 4.39 Å². The standard InChI is InChI=1S/C20H15FN4O3S/c1-2-27-16-9-4-3-8-14(16)19-23-24-20(29-19)22-18(26)17-11-15(25-28-17)12-6-5-7-13(21)10-12/h3-11H,2H2,1H3,(H,22,24,26). The average Bonchev–Trinajstić information content (AvgIpc) is 3.39. The summed E-state index contributed by atoms with van der Waals surface area (Å²) in [6.45, 7) is 2.43. The number of para-hydroxylation sites is 1. The van der Waals surface area contributed by atoms with Crippen LogP contribution in [0.4, 0.5) is 9.52 Å². The first-order chi connectivity index (χ1) is 14.1. The van der Waals surface area contributed by atoms with Crippen molar-refractivity contribution in [3.63, 3.8) is 0 Å². The maximum atomic E-state index is 13.4. The summed E-state index contributed by atoms with van der Waals surface area (Å²) in [6, 6.07) is 14.8. The van der Waals surface area contributed by atoms with Crippen LogP contribution >= 0.6 is 11.3 Å². The molecule has 0 spiro atoms. The molecular formula is C20H15FN4O3S. The van der Waals surface area contributed by atoms with Crippen LogP contribution in [0.25, 0.3) is 21.8 Å². The Labute approximate surface area is 169 Å². The molecule has 0 bridgehead atoms. The van der Waals surface area contributed by atoms with Crippen LogP contribution in [0.5, 0.6) is 5.75 Å². The number of benzene rings is 2. The van der Waals surface area contributed by atoms with Crippen molar-refractivity contribution in [2.24, 2.45) is 0 Å². The Bertz CT molecular complexity index is 1160. The van der Waals surface area contributed by atoms with Gasteiger partial charge in [-0.15, -0.1) is 10.2 Å². The first kappa shape index (κ1) is 18.8. The predicted molar refractivity (Wildman–Crippen MR) is 106 cm³/mol. The van der Waals surface area contributed by atoms with Gasteiger partial charge in [0.1, 0.15) is 17.3 Å². The van der Waals surface area contributed by atoms with E-state index in [2.05, 4.69) is 20.7 Å². The summed E-state index contributed by atoms with van der Waals surface area (Å²) in [5.41, 5.74) is 1.66. The third-order valence-electron chi connectivity index (χ3n) is 3.92. The molecular weight excluding hydrogens is 395 g/mol. The third-order valence-corrected chi connectivity index (χ3v) is 4.79. The van der Waals surface area contributed by atoms with E-state index in [1.54, 1.807) is 12.1 Å². The summed E-state index contributed by atoms with van der Waals surface area (Å²) in [6.07, 6.45) is 0. The third kappa shape index (κ3) is 4.14. The van der Waals surface area contributed by atoms with Crippen LogP contribution in [0.2, 0.25) is 0 Å². The summed E-state index contributed by atoms with van der Waals surface area (Å²) in [5, 5.41) is 15.5. The molecule has 1 N–H and O–H groups in total. The molecule has 29 heavy (non-hydrogen) atoms. The highest BCUT2D eigenvalue weighted by atomic mass is 32.1. The molecule has 0 atom stereocenters. The number of ether oxygens (including phenoxy) is 1. The fourth-order valence-electron chi connectivity index (χ4n) is 2.63. The maximum Gasteiger partial charge on any atom is 0.296 e. The van der Waals surface area contributed by atoms with Crippen molar-refractivity contribution < 1.29 is 18.4 Å². The van der Waals surface area contributed by atoms with E-state index < -0.39 is 11.7 Å². The first-order valence-electron chi connectivity index (χ1n) is 8.73. The molecule has 2 aromatic carbocycles. The number of hydrogen-bond donors (Lipinski definition) is 1. The lowest BCUT2D eigenvalue weighted by Crippen LogP contribution is -2.10. The molecule has 146 valence electrons. The SMILES string of the molecule is CCOc1ccccc1-c1nnc(NC(=O)c2cc(-c3cccc(F)c3)no2)s1. The van der Waals surface area contributed by atoms with Gasteiger partial charge in [-0.1, -0.05) is 40.8 Å². The molecule has 9 heteroatoms. The van der Waals surface area contributed by atoms with E-state index in [0.717, 1.165) is 5.56 Å². The Balaban J connectivity index is 1.50. The Morgan fingerprint density at radius 1 is 1.17 bits per heavy atom. The second-order valence-electron chi connectivity index (χ2n) is 5.88. The Morgan fingerprint density at radius 2 is 2.03 bits per heavy atom. The van der Waals surface area contributed by atoms with Gasteiger partial charge in [0, 0.05) is 11.6 Å². The van der Waals surface area contributed by atoms with Gasteiger partial charge in [0.2, 0.25) is 10.9 Å². The van der Waals surface area contributed by atoms with Crippen LogP contribution in [0.1, 0.15) is 17.5 Å². The first-order valence-corrected chi connectivity index (χ1v) is 9.55. The van der Waals surface area contributed by atoms with Gasteiger partial charge >= 0.3 is 0 Å². The zero-order valence-corrected chi connectivity index (χ0v) is 16.1. The molecule has 0 unspecified atom stereocenters. The van der Waals surface area contributed by atoms with Crippen molar-refractivity contribution >= 4 is 22.4 Å². The molecule has 0 radical (unpaired) electrons. The number of aromatic nitrogens is 3. The lowest BCUT2D eigenvalue weighted by molar-refractivity contribution is 0.0988. The molecule has 0 saturated carbocycles. The monoisotopic (exact) mass is 410 g/mol. The van der Waals surface area contributed by atoms with Gasteiger partial charge in [-0.2, -0.15) is 0 Å². The lowest BCUT2D eigenvalue weighted by atomic mass is 10.1. The van der Waals surface area contributed by atoms with E-state index in [-0.39, 0.29) is 5.76 Å². The van der Waals surface area contributed by atoms with Crippen LogP contribution in [-0.4, -0.2) is 27.9 Å². The van der Waals surface area contributed by atoms with Crippen molar-refractivity contribution in [2.75, 3.05) is 11.9 Å². The van der Waals surface area contributed by atoms with Gasteiger partial charge in [-0.05, 0) is 31.2 Å². The second kappa shape index (κ2) is 8.19. The second-order valence-corrected chi connectivity index (χ2v) is 6.86. The van der Waals surface area contributed by atoms with E-state index in [0.29, 0.717) is 33.8 Å². The summed E-state index contributed by atoms with van der Waals surface area (Å²) >= 11 is 1.21. The highest BCUT2D eigenvalue weighted by molar-refractivity contribution is 7.18. The summed E-state index contributed by atoms with van der Waals surface area (Å²) in [7, 11) is 0. The van der Waals surface area contributed by atoms with Crippen LogP contribution in [0.3, 0.4) is 0 Å². The lowest BCUT2D eigenvalue weighted by Gasteiger charge is -2.06. The normalized spacial score (nSPS) is 10.7. The summed E-state index contributed by atoms with van der Waals surface area (Å²) in [5.74, 6) is -0.249. The van der Waals surface area contributed by atoms with Crippen LogP contribution in [0.15, 0.2) is 59.1 Å². The van der Waals surface area contributed by atoms with Gasteiger partial charge in [0.25, 0.3) is 5.91 Å². The average molecular weight is 410 g/mol. The minimum atomic E-state index is -0.527. The molecule has 0 aliphatic carbocycles. The number of amides is 1. The van der Waals surface area contributed by atoms with E-state index >= 15 is 0 Å². The van der Waals surface area contributed by atoms with E-state index in [1.165, 1.54) is 29.5 Å². The van der Waals surface area contributed by atoms with Crippen LogP contribution in [0, 0.1) is 5.82 Å². The fraction of sp³-hybridized carbons (Fsp3) is 0.100. The molecule has 2 heterocycles. The topological polar surface area (TPSA) is 90.1 Å². The zero-order valence-electron chi connectivity index (χ0n) is 15.3. The van der Waals surface area contributed by atoms with Crippen LogP contribution < -0.4 is 10.1 Å². The molecule has 0 saturated heterocycles. The largest absolute Gasteiger partial charge is 0.493 e. The molecule has 0 aliphatic rings. The van der Waals surface area contributed by atoms with Crippen molar-refractivity contribution in [1.29, 1.82) is 0 Å². The fourth-order valence-corrected chi connectivity index (χ4v) is 3.40. The Morgan fingerprint density at radius 3 is 2.86 bits per heavy atom. The molecule has 4 rings (SSSR count). The smallest absolute Gasteiger partial charge is 0.296 e. The highest BCUT2D eigenvalue weighted by Crippen LogP contribution is 2.33. The number of anilines is 1. The number of nitrogens with zero attached hydrogens (tertiary/aromatic N) is 3. The number of carbonyl (C=O) groups excluding carboxylic acids is 1. The van der Waals surface area contributed by atoms with E-state index in [1.807, 2.05) is 31.2 Å². The van der Waals surface area contributed by atoms with Gasteiger partial charge in [-0.3, -0.25) is 10.1 Å². The van der Waals surface area contributed by atoms with E-state index in [4.69, 9.17) is 9.26 Å². The number of rotatable bonds is 6. The molecule has 1 amide bonds. The molecule has 2 aromatic heterocycles. The summed E-state index contributed by atoms with van der Waals surface area (Å²) in [4.78, 5) is 12.4. The van der Waals surface area contributed by atoms with Crippen molar-refractivity contribution in [3.05, 3.63) is 66.2 Å². The molecule has 0 aliphatic heterocycles. The molecule has 0 fully saturated rings. The highest BCUT2D eigenvalue weighted by Gasteiger charge is 2.18. The van der Waals surface area contributed by atoms with Crippen molar-refractivity contribution in [1.82, 2.24) is 15.4 Å². The van der Waals surface area contributed by atoms with Gasteiger partial charge in [0.15, 0.2) is 5.01 Å². The zero-order chi connectivity index (χ0) is 20.2. The van der Waals surface area contributed by atoms with Crippen molar-refractivity contribution in [3.8, 4) is 27.6 Å². The van der Waals surface area contributed by atoms with Gasteiger partial charge in [0.05, 0.1) is 12.2 Å². The van der Waals surface area contributed by atoms with Crippen LogP contribution in [-0.2, 0) is 0 Å². The minimum absolute atomic E-state index is 0.0178. The predicted octanol–water partition coefficient (Wildman–Crippen LogP) is 4.65. The number of hydrogen-bond acceptors (Lipinski definition) is 7. The van der Waals surface area contributed by atoms with E-state index in [9.17, 15) is 9.18 Å². The summed E-state index contributed by atoms with van der Waals surface area (Å²) < 4.78 is 24.1. The molecule has 7 nitrogen and oxygen atoms in total. The van der Waals surface area contributed by atoms with Gasteiger partial charge < -0.3 is 9.26 Å². The quantitative estimate of drug-likeness (QED) is 0.498. The van der Waals surface area contributed by atoms with Crippen molar-refractivity contribution in [2.45, 2.75) is 6.92 Å². The maximum absolute atomic E-state index is 13.4. The number of halogens is 1. The molecule has 4 aromatic rings. The number of nitrogens with one attached hydrogen (secondary N) is 1.